The Morgan fingerprint density at radius 1 is 1.22 bits per heavy atom. The molecule has 0 bridgehead atoms. The van der Waals surface area contributed by atoms with Gasteiger partial charge in [0.05, 0.1) is 6.10 Å². The molecular weight excluding hydrogens is 312 g/mol. The highest BCUT2D eigenvalue weighted by atomic mass is 32.2. The van der Waals surface area contributed by atoms with E-state index in [0.29, 0.717) is 12.9 Å². The van der Waals surface area contributed by atoms with Gasteiger partial charge in [-0.25, -0.2) is 0 Å². The molecule has 5 nitrogen and oxygen atoms in total. The van der Waals surface area contributed by atoms with E-state index >= 15 is 0 Å². The van der Waals surface area contributed by atoms with Crippen LogP contribution in [0.4, 0.5) is 0 Å². The van der Waals surface area contributed by atoms with Crippen molar-refractivity contribution in [2.75, 3.05) is 32.2 Å². The van der Waals surface area contributed by atoms with E-state index in [2.05, 4.69) is 17.0 Å². The molecular formula is C17H22N2O3S. The van der Waals surface area contributed by atoms with Gasteiger partial charge in [-0.05, 0) is 37.0 Å². The molecule has 1 unspecified atom stereocenters. The Labute approximate surface area is 141 Å². The van der Waals surface area contributed by atoms with Gasteiger partial charge in [-0.15, -0.1) is 0 Å². The standard InChI is InChI=1S/C17H22N2O3S/c1-3-14(20-7-1)11-19(17-18-6-2-8-23-17)10-13-4-5-15-16(9-13)22-12-21-15/h4-5,9,14H,1-3,6-8,10-12H2. The summed E-state index contributed by atoms with van der Waals surface area (Å²) in [4.78, 5) is 7.11. The normalized spacial score (nSPS) is 23.0. The average molecular weight is 334 g/mol. The highest BCUT2D eigenvalue weighted by molar-refractivity contribution is 8.13. The van der Waals surface area contributed by atoms with Crippen molar-refractivity contribution in [1.29, 1.82) is 0 Å². The SMILES string of the molecule is c1cc2c(cc1CN(CC1CCCO1)C1=NCCCS1)OCO2. The molecule has 1 atom stereocenters. The largest absolute Gasteiger partial charge is 0.454 e. The van der Waals surface area contributed by atoms with Crippen LogP contribution in [0, 0.1) is 0 Å². The summed E-state index contributed by atoms with van der Waals surface area (Å²) in [6.07, 6.45) is 3.82. The Kier molecular flexibility index (Phi) is 4.62. The zero-order valence-electron chi connectivity index (χ0n) is 13.2. The second-order valence-corrected chi connectivity index (χ2v) is 7.13. The van der Waals surface area contributed by atoms with Gasteiger partial charge in [-0.3, -0.25) is 4.99 Å². The van der Waals surface area contributed by atoms with Crippen molar-refractivity contribution in [3.05, 3.63) is 23.8 Å². The molecule has 4 rings (SSSR count). The molecule has 0 N–H and O–H groups in total. The maximum Gasteiger partial charge on any atom is 0.231 e. The molecule has 124 valence electrons. The molecule has 0 radical (unpaired) electrons. The summed E-state index contributed by atoms with van der Waals surface area (Å²) in [6, 6.07) is 6.20. The van der Waals surface area contributed by atoms with Gasteiger partial charge in [-0.2, -0.15) is 0 Å². The zero-order valence-corrected chi connectivity index (χ0v) is 14.0. The number of hydrogen-bond donors (Lipinski definition) is 0. The molecule has 6 heteroatoms. The summed E-state index contributed by atoms with van der Waals surface area (Å²) >= 11 is 1.86. The Bertz CT molecular complexity index is 587. The number of aliphatic imine (C=N–C) groups is 1. The minimum atomic E-state index is 0.320. The first-order chi connectivity index (χ1) is 11.4. The number of ether oxygens (including phenoxy) is 3. The number of amidine groups is 1. The number of hydrogen-bond acceptors (Lipinski definition) is 6. The van der Waals surface area contributed by atoms with Crippen molar-refractivity contribution >= 4 is 16.9 Å². The van der Waals surface area contributed by atoms with Crippen LogP contribution in [-0.4, -0.2) is 48.4 Å². The van der Waals surface area contributed by atoms with E-state index in [0.717, 1.165) is 55.1 Å². The number of nitrogens with zero attached hydrogens (tertiary/aromatic N) is 2. The average Bonchev–Trinajstić information content (AvgIpc) is 3.26. The molecule has 1 aromatic carbocycles. The van der Waals surface area contributed by atoms with Crippen LogP contribution in [0.15, 0.2) is 23.2 Å². The maximum atomic E-state index is 5.84. The van der Waals surface area contributed by atoms with Gasteiger partial charge in [-0.1, -0.05) is 17.8 Å². The summed E-state index contributed by atoms with van der Waals surface area (Å²) in [5.41, 5.74) is 1.22. The van der Waals surface area contributed by atoms with Crippen LogP contribution >= 0.6 is 11.8 Å². The van der Waals surface area contributed by atoms with Crippen LogP contribution in [0.1, 0.15) is 24.8 Å². The van der Waals surface area contributed by atoms with E-state index < -0.39 is 0 Å². The molecule has 0 amide bonds. The first kappa shape index (κ1) is 15.1. The second-order valence-electron chi connectivity index (χ2n) is 6.07. The maximum absolute atomic E-state index is 5.84. The van der Waals surface area contributed by atoms with E-state index in [4.69, 9.17) is 19.2 Å². The van der Waals surface area contributed by atoms with E-state index in [-0.39, 0.29) is 0 Å². The van der Waals surface area contributed by atoms with Crippen molar-refractivity contribution in [2.24, 2.45) is 4.99 Å². The fraction of sp³-hybridized carbons (Fsp3) is 0.588. The monoisotopic (exact) mass is 334 g/mol. The quantitative estimate of drug-likeness (QED) is 0.847. The highest BCUT2D eigenvalue weighted by Gasteiger charge is 2.23. The summed E-state index contributed by atoms with van der Waals surface area (Å²) in [6.45, 7) is 3.90. The van der Waals surface area contributed by atoms with E-state index in [9.17, 15) is 0 Å². The molecule has 1 aromatic rings. The number of benzene rings is 1. The lowest BCUT2D eigenvalue weighted by atomic mass is 10.1. The van der Waals surface area contributed by atoms with Crippen LogP contribution in [0.3, 0.4) is 0 Å². The zero-order chi connectivity index (χ0) is 15.5. The van der Waals surface area contributed by atoms with Gasteiger partial charge in [0.1, 0.15) is 0 Å². The second kappa shape index (κ2) is 7.01. The number of thioether (sulfide) groups is 1. The van der Waals surface area contributed by atoms with Crippen LogP contribution < -0.4 is 9.47 Å². The third-order valence-electron chi connectivity index (χ3n) is 4.31. The Morgan fingerprint density at radius 2 is 2.17 bits per heavy atom. The molecule has 1 saturated heterocycles. The van der Waals surface area contributed by atoms with Crippen LogP contribution in [0.25, 0.3) is 0 Å². The molecule has 1 fully saturated rings. The molecule has 0 aromatic heterocycles. The van der Waals surface area contributed by atoms with Gasteiger partial charge < -0.3 is 19.1 Å². The van der Waals surface area contributed by atoms with Crippen LogP contribution in [0.2, 0.25) is 0 Å². The fourth-order valence-corrected chi connectivity index (χ4v) is 4.10. The predicted octanol–water partition coefficient (Wildman–Crippen LogP) is 2.89. The van der Waals surface area contributed by atoms with Gasteiger partial charge in [0.25, 0.3) is 0 Å². The van der Waals surface area contributed by atoms with E-state index in [1.807, 2.05) is 17.8 Å². The van der Waals surface area contributed by atoms with Gasteiger partial charge in [0, 0.05) is 32.0 Å². The molecule has 0 aliphatic carbocycles. The molecule has 23 heavy (non-hydrogen) atoms. The summed E-state index contributed by atoms with van der Waals surface area (Å²) in [5, 5.41) is 1.16. The lowest BCUT2D eigenvalue weighted by Gasteiger charge is -2.29. The Hall–Kier alpha value is -1.40. The van der Waals surface area contributed by atoms with Gasteiger partial charge in [0.15, 0.2) is 16.7 Å². The molecule has 3 heterocycles. The molecule has 0 saturated carbocycles. The van der Waals surface area contributed by atoms with Crippen molar-refractivity contribution in [2.45, 2.75) is 31.9 Å². The Morgan fingerprint density at radius 3 is 3.00 bits per heavy atom. The van der Waals surface area contributed by atoms with Crippen LogP contribution in [-0.2, 0) is 11.3 Å². The Balaban J connectivity index is 1.50. The minimum absolute atomic E-state index is 0.320. The van der Waals surface area contributed by atoms with E-state index in [1.165, 1.54) is 18.4 Å². The highest BCUT2D eigenvalue weighted by Crippen LogP contribution is 2.33. The van der Waals surface area contributed by atoms with Crippen molar-refractivity contribution in [3.63, 3.8) is 0 Å². The molecule has 3 aliphatic rings. The first-order valence-electron chi connectivity index (χ1n) is 8.31. The van der Waals surface area contributed by atoms with Crippen molar-refractivity contribution in [3.8, 4) is 11.5 Å². The summed E-state index contributed by atoms with van der Waals surface area (Å²) < 4.78 is 16.7. The fourth-order valence-electron chi connectivity index (χ4n) is 3.14. The van der Waals surface area contributed by atoms with Crippen LogP contribution in [0.5, 0.6) is 11.5 Å². The number of rotatable bonds is 4. The lowest BCUT2D eigenvalue weighted by molar-refractivity contribution is 0.0906. The topological polar surface area (TPSA) is 43.3 Å². The number of fused-ring (bicyclic) bond motifs is 1. The summed E-state index contributed by atoms with van der Waals surface area (Å²) in [5.74, 6) is 2.84. The predicted molar refractivity (Wildman–Crippen MR) is 91.3 cm³/mol. The molecule has 0 spiro atoms. The molecule has 3 aliphatic heterocycles. The lowest BCUT2D eigenvalue weighted by Crippen LogP contribution is -2.36. The first-order valence-corrected chi connectivity index (χ1v) is 9.29. The van der Waals surface area contributed by atoms with Gasteiger partial charge >= 0.3 is 0 Å². The van der Waals surface area contributed by atoms with Crippen molar-refractivity contribution in [1.82, 2.24) is 4.90 Å². The summed E-state index contributed by atoms with van der Waals surface area (Å²) in [7, 11) is 0. The van der Waals surface area contributed by atoms with E-state index in [1.54, 1.807) is 0 Å². The third kappa shape index (κ3) is 3.58. The van der Waals surface area contributed by atoms with Gasteiger partial charge in [0.2, 0.25) is 6.79 Å². The van der Waals surface area contributed by atoms with Crippen molar-refractivity contribution < 1.29 is 14.2 Å². The third-order valence-corrected chi connectivity index (χ3v) is 5.45. The minimum Gasteiger partial charge on any atom is -0.454 e. The smallest absolute Gasteiger partial charge is 0.231 e.